The fraction of sp³-hybridized carbons (Fsp3) is 0.583. The van der Waals surface area contributed by atoms with E-state index < -0.39 is 0 Å². The maximum Gasteiger partial charge on any atom is 0.128 e. The number of aliphatic hydroxyl groups excluding tert-OH is 1. The molecule has 0 spiro atoms. The van der Waals surface area contributed by atoms with Gasteiger partial charge in [-0.1, -0.05) is 6.07 Å². The van der Waals surface area contributed by atoms with Crippen molar-refractivity contribution in [2.45, 2.75) is 26.0 Å². The predicted molar refractivity (Wildman–Crippen MR) is 64.1 cm³/mol. The Bertz CT molecular complexity index is 337. The first-order chi connectivity index (χ1) is 7.70. The monoisotopic (exact) mass is 221 g/mol. The number of hydrogen-bond donors (Lipinski definition) is 2. The first-order valence-corrected chi connectivity index (χ1v) is 5.78. The standard InChI is InChI=1S/C12H19N3O/c1-9(16)11-4-5-15(8-11)12-3-2-10(6-13)7-14-12/h2-3,7,9,11,16H,4-6,8,13H2,1H3. The summed E-state index contributed by atoms with van der Waals surface area (Å²) in [4.78, 5) is 6.61. The van der Waals surface area contributed by atoms with E-state index in [0.717, 1.165) is 30.9 Å². The highest BCUT2D eigenvalue weighted by Gasteiger charge is 2.26. The second-order valence-corrected chi connectivity index (χ2v) is 4.46. The Balaban J connectivity index is 2.03. The van der Waals surface area contributed by atoms with Crippen LogP contribution in [0.2, 0.25) is 0 Å². The Labute approximate surface area is 96.1 Å². The van der Waals surface area contributed by atoms with E-state index in [1.54, 1.807) is 0 Å². The summed E-state index contributed by atoms with van der Waals surface area (Å²) in [6.45, 7) is 4.26. The van der Waals surface area contributed by atoms with Gasteiger partial charge in [-0.2, -0.15) is 0 Å². The summed E-state index contributed by atoms with van der Waals surface area (Å²) in [6, 6.07) is 4.02. The summed E-state index contributed by atoms with van der Waals surface area (Å²) in [7, 11) is 0. The van der Waals surface area contributed by atoms with Crippen LogP contribution in [0.4, 0.5) is 5.82 Å². The Morgan fingerprint density at radius 3 is 2.94 bits per heavy atom. The minimum Gasteiger partial charge on any atom is -0.393 e. The van der Waals surface area contributed by atoms with Crippen LogP contribution in [0.25, 0.3) is 0 Å². The molecule has 0 bridgehead atoms. The molecule has 1 aromatic heterocycles. The molecule has 3 N–H and O–H groups in total. The average molecular weight is 221 g/mol. The molecule has 0 saturated carbocycles. The lowest BCUT2D eigenvalue weighted by Gasteiger charge is -2.18. The zero-order chi connectivity index (χ0) is 11.5. The van der Waals surface area contributed by atoms with Gasteiger partial charge in [0.25, 0.3) is 0 Å². The van der Waals surface area contributed by atoms with Gasteiger partial charge in [-0.25, -0.2) is 4.98 Å². The maximum atomic E-state index is 9.54. The number of pyridine rings is 1. The minimum absolute atomic E-state index is 0.228. The van der Waals surface area contributed by atoms with Crippen molar-refractivity contribution in [2.24, 2.45) is 11.7 Å². The van der Waals surface area contributed by atoms with Gasteiger partial charge in [-0.15, -0.1) is 0 Å². The summed E-state index contributed by atoms with van der Waals surface area (Å²) in [5.41, 5.74) is 6.58. The molecule has 16 heavy (non-hydrogen) atoms. The van der Waals surface area contributed by atoms with Crippen LogP contribution in [0, 0.1) is 5.92 Å². The molecule has 0 amide bonds. The minimum atomic E-state index is -0.228. The first-order valence-electron chi connectivity index (χ1n) is 5.78. The van der Waals surface area contributed by atoms with Gasteiger partial charge < -0.3 is 15.7 Å². The Kier molecular flexibility index (Phi) is 3.41. The van der Waals surface area contributed by atoms with E-state index in [1.807, 2.05) is 25.3 Å². The lowest BCUT2D eigenvalue weighted by molar-refractivity contribution is 0.136. The number of nitrogens with two attached hydrogens (primary N) is 1. The van der Waals surface area contributed by atoms with E-state index in [2.05, 4.69) is 9.88 Å². The van der Waals surface area contributed by atoms with Crippen molar-refractivity contribution >= 4 is 5.82 Å². The van der Waals surface area contributed by atoms with Crippen LogP contribution in [-0.4, -0.2) is 29.3 Å². The third-order valence-corrected chi connectivity index (χ3v) is 3.28. The molecule has 1 aromatic rings. The van der Waals surface area contributed by atoms with Crippen LogP contribution in [0.1, 0.15) is 18.9 Å². The second kappa shape index (κ2) is 4.80. The third-order valence-electron chi connectivity index (χ3n) is 3.28. The molecule has 1 fully saturated rings. The van der Waals surface area contributed by atoms with E-state index in [-0.39, 0.29) is 6.10 Å². The topological polar surface area (TPSA) is 62.4 Å². The first kappa shape index (κ1) is 11.4. The van der Waals surface area contributed by atoms with E-state index >= 15 is 0 Å². The van der Waals surface area contributed by atoms with E-state index in [1.165, 1.54) is 0 Å². The molecule has 1 aliphatic rings. The van der Waals surface area contributed by atoms with E-state index in [4.69, 9.17) is 5.73 Å². The maximum absolute atomic E-state index is 9.54. The van der Waals surface area contributed by atoms with Crippen LogP contribution in [0.5, 0.6) is 0 Å². The molecule has 0 radical (unpaired) electrons. The third kappa shape index (κ3) is 2.33. The molecule has 2 atom stereocenters. The highest BCUT2D eigenvalue weighted by Crippen LogP contribution is 2.24. The van der Waals surface area contributed by atoms with Crippen LogP contribution in [-0.2, 0) is 6.54 Å². The normalized spacial score (nSPS) is 22.4. The molecular weight excluding hydrogens is 202 g/mol. The SMILES string of the molecule is CC(O)C1CCN(c2ccc(CN)cn2)C1. The van der Waals surface area contributed by atoms with Crippen LogP contribution >= 0.6 is 0 Å². The van der Waals surface area contributed by atoms with Crippen LogP contribution in [0.15, 0.2) is 18.3 Å². The summed E-state index contributed by atoms with van der Waals surface area (Å²) in [5.74, 6) is 1.36. The van der Waals surface area contributed by atoms with Crippen LogP contribution in [0.3, 0.4) is 0 Å². The lowest BCUT2D eigenvalue weighted by Crippen LogP contribution is -2.24. The van der Waals surface area contributed by atoms with Crippen molar-refractivity contribution in [1.82, 2.24) is 4.98 Å². The van der Waals surface area contributed by atoms with Crippen molar-refractivity contribution < 1.29 is 5.11 Å². The number of aliphatic hydroxyl groups is 1. The Hall–Kier alpha value is -1.13. The predicted octanol–water partition coefficient (Wildman–Crippen LogP) is 0.747. The van der Waals surface area contributed by atoms with Gasteiger partial charge in [0.15, 0.2) is 0 Å². The summed E-state index contributed by atoms with van der Waals surface area (Å²) >= 11 is 0. The van der Waals surface area contributed by atoms with Gasteiger partial charge in [0.05, 0.1) is 6.10 Å². The lowest BCUT2D eigenvalue weighted by atomic mass is 10.0. The van der Waals surface area contributed by atoms with Crippen LogP contribution < -0.4 is 10.6 Å². The molecule has 2 unspecified atom stereocenters. The zero-order valence-corrected chi connectivity index (χ0v) is 9.63. The highest BCUT2D eigenvalue weighted by atomic mass is 16.3. The fourth-order valence-corrected chi connectivity index (χ4v) is 2.11. The molecule has 88 valence electrons. The van der Waals surface area contributed by atoms with Gasteiger partial charge in [0.2, 0.25) is 0 Å². The van der Waals surface area contributed by atoms with Gasteiger partial charge in [0, 0.05) is 31.7 Å². The Morgan fingerprint density at radius 1 is 1.62 bits per heavy atom. The smallest absolute Gasteiger partial charge is 0.128 e. The fourth-order valence-electron chi connectivity index (χ4n) is 2.11. The highest BCUT2D eigenvalue weighted by molar-refractivity contribution is 5.40. The molecule has 2 heterocycles. The number of hydrogen-bond acceptors (Lipinski definition) is 4. The van der Waals surface area contributed by atoms with Crippen molar-refractivity contribution in [3.8, 4) is 0 Å². The molecule has 4 nitrogen and oxygen atoms in total. The van der Waals surface area contributed by atoms with Gasteiger partial charge in [0.1, 0.15) is 5.82 Å². The zero-order valence-electron chi connectivity index (χ0n) is 9.63. The van der Waals surface area contributed by atoms with Crippen molar-refractivity contribution in [1.29, 1.82) is 0 Å². The molecule has 1 aliphatic heterocycles. The number of rotatable bonds is 3. The average Bonchev–Trinajstić information content (AvgIpc) is 2.78. The molecule has 2 rings (SSSR count). The number of nitrogens with zero attached hydrogens (tertiary/aromatic N) is 2. The van der Waals surface area contributed by atoms with Gasteiger partial charge in [-0.3, -0.25) is 0 Å². The molecule has 0 aromatic carbocycles. The summed E-state index contributed by atoms with van der Waals surface area (Å²) in [6.07, 6.45) is 2.64. The number of anilines is 1. The van der Waals surface area contributed by atoms with E-state index in [0.29, 0.717) is 12.5 Å². The van der Waals surface area contributed by atoms with Crippen molar-refractivity contribution in [3.63, 3.8) is 0 Å². The van der Waals surface area contributed by atoms with Crippen molar-refractivity contribution in [3.05, 3.63) is 23.9 Å². The number of aromatic nitrogens is 1. The molecule has 0 aliphatic carbocycles. The quantitative estimate of drug-likeness (QED) is 0.790. The second-order valence-electron chi connectivity index (χ2n) is 4.46. The molecule has 4 heteroatoms. The largest absolute Gasteiger partial charge is 0.393 e. The summed E-state index contributed by atoms with van der Waals surface area (Å²) < 4.78 is 0. The van der Waals surface area contributed by atoms with Crippen molar-refractivity contribution in [2.75, 3.05) is 18.0 Å². The van der Waals surface area contributed by atoms with Gasteiger partial charge >= 0.3 is 0 Å². The van der Waals surface area contributed by atoms with E-state index in [9.17, 15) is 5.11 Å². The molecular formula is C12H19N3O. The van der Waals surface area contributed by atoms with Gasteiger partial charge in [-0.05, 0) is 25.0 Å². The Morgan fingerprint density at radius 2 is 2.44 bits per heavy atom. The summed E-state index contributed by atoms with van der Waals surface area (Å²) in [5, 5.41) is 9.54. The molecule has 1 saturated heterocycles.